The van der Waals surface area contributed by atoms with Crippen molar-refractivity contribution in [2.75, 3.05) is 12.4 Å². The van der Waals surface area contributed by atoms with Crippen molar-refractivity contribution in [3.63, 3.8) is 0 Å². The summed E-state index contributed by atoms with van der Waals surface area (Å²) in [5, 5.41) is 20.5. The van der Waals surface area contributed by atoms with Gasteiger partial charge in [0.2, 0.25) is 0 Å². The fourth-order valence-electron chi connectivity index (χ4n) is 2.91. The molecule has 2 aromatic heterocycles. The van der Waals surface area contributed by atoms with E-state index in [1.807, 2.05) is 35.9 Å². The lowest BCUT2D eigenvalue weighted by Crippen LogP contribution is -2.06. The average molecular weight is 360 g/mol. The number of hydrogen-bond donors (Lipinski definition) is 1. The third kappa shape index (κ3) is 3.44. The van der Waals surface area contributed by atoms with E-state index in [0.717, 1.165) is 33.7 Å². The third-order valence-corrected chi connectivity index (χ3v) is 4.39. The summed E-state index contributed by atoms with van der Waals surface area (Å²) >= 11 is 0. The summed E-state index contributed by atoms with van der Waals surface area (Å²) in [4.78, 5) is 0. The van der Waals surface area contributed by atoms with Crippen LogP contribution in [0.2, 0.25) is 0 Å². The molecule has 7 heteroatoms. The van der Waals surface area contributed by atoms with Gasteiger partial charge in [-0.25, -0.2) is 4.68 Å². The zero-order valence-electron chi connectivity index (χ0n) is 15.5. The Hall–Kier alpha value is -3.48. The van der Waals surface area contributed by atoms with Crippen LogP contribution in [0.3, 0.4) is 0 Å². The molecule has 0 aliphatic rings. The summed E-state index contributed by atoms with van der Waals surface area (Å²) in [6.07, 6.45) is 0. The number of rotatable bonds is 5. The molecule has 0 amide bonds. The van der Waals surface area contributed by atoms with Gasteiger partial charge in [-0.15, -0.1) is 10.2 Å². The van der Waals surface area contributed by atoms with Crippen molar-refractivity contribution in [2.45, 2.75) is 20.4 Å². The van der Waals surface area contributed by atoms with Crippen LogP contribution in [0, 0.1) is 13.8 Å². The Balaban J connectivity index is 1.75. The average Bonchev–Trinajstić information content (AvgIpc) is 3.11. The molecule has 0 saturated heterocycles. The van der Waals surface area contributed by atoms with Gasteiger partial charge in [0.1, 0.15) is 16.8 Å². The number of hydrogen-bond acceptors (Lipinski definition) is 6. The highest BCUT2D eigenvalue weighted by molar-refractivity contribution is 5.88. The van der Waals surface area contributed by atoms with Gasteiger partial charge in [0.25, 0.3) is 0 Å². The number of ether oxygens (including phenoxy) is 1. The lowest BCUT2D eigenvalue weighted by atomic mass is 10.1. The molecule has 0 spiro atoms. The Kier molecular flexibility index (Phi) is 4.42. The molecule has 2 aromatic carbocycles. The molecule has 4 rings (SSSR count). The van der Waals surface area contributed by atoms with Crippen LogP contribution in [0.25, 0.3) is 11.0 Å². The predicted molar refractivity (Wildman–Crippen MR) is 104 cm³/mol. The van der Waals surface area contributed by atoms with Crippen LogP contribution in [-0.2, 0) is 6.54 Å². The number of fused-ring (bicyclic) bond motifs is 1. The van der Waals surface area contributed by atoms with Crippen molar-refractivity contribution in [3.05, 3.63) is 65.4 Å². The monoisotopic (exact) mass is 360 g/mol. The minimum atomic E-state index is 0.606. The SMILES string of the molecule is COc1cccc(Nc2nnc(C)c3nnn(Cc4ccc(C)cc4)c23)c1. The van der Waals surface area contributed by atoms with E-state index in [1.54, 1.807) is 7.11 Å². The van der Waals surface area contributed by atoms with Gasteiger partial charge in [-0.3, -0.25) is 0 Å². The minimum Gasteiger partial charge on any atom is -0.497 e. The second-order valence-corrected chi connectivity index (χ2v) is 6.42. The first-order valence-corrected chi connectivity index (χ1v) is 8.67. The predicted octanol–water partition coefficient (Wildman–Crippen LogP) is 3.64. The summed E-state index contributed by atoms with van der Waals surface area (Å²) in [7, 11) is 1.64. The Morgan fingerprint density at radius 1 is 1.00 bits per heavy atom. The summed E-state index contributed by atoms with van der Waals surface area (Å²) in [6, 6.07) is 16.0. The number of methoxy groups -OCH3 is 1. The van der Waals surface area contributed by atoms with Crippen LogP contribution in [0.1, 0.15) is 16.8 Å². The van der Waals surface area contributed by atoms with E-state index in [9.17, 15) is 0 Å². The fourth-order valence-corrected chi connectivity index (χ4v) is 2.91. The van der Waals surface area contributed by atoms with Crippen LogP contribution in [0.5, 0.6) is 5.75 Å². The fraction of sp³-hybridized carbons (Fsp3) is 0.200. The quantitative estimate of drug-likeness (QED) is 0.585. The van der Waals surface area contributed by atoms with Gasteiger partial charge in [0.15, 0.2) is 5.82 Å². The molecule has 27 heavy (non-hydrogen) atoms. The van der Waals surface area contributed by atoms with Gasteiger partial charge < -0.3 is 10.1 Å². The first-order chi connectivity index (χ1) is 13.1. The van der Waals surface area contributed by atoms with Crippen molar-refractivity contribution in [1.29, 1.82) is 0 Å². The molecule has 0 radical (unpaired) electrons. The van der Waals surface area contributed by atoms with Crippen LogP contribution in [0.4, 0.5) is 11.5 Å². The maximum atomic E-state index is 5.29. The molecule has 0 aliphatic heterocycles. The number of aryl methyl sites for hydroxylation is 2. The van der Waals surface area contributed by atoms with Crippen molar-refractivity contribution in [3.8, 4) is 5.75 Å². The molecule has 0 saturated carbocycles. The zero-order chi connectivity index (χ0) is 18.8. The molecule has 0 aliphatic carbocycles. The van der Waals surface area contributed by atoms with E-state index in [2.05, 4.69) is 57.0 Å². The van der Waals surface area contributed by atoms with Crippen LogP contribution >= 0.6 is 0 Å². The highest BCUT2D eigenvalue weighted by atomic mass is 16.5. The molecule has 0 bridgehead atoms. The van der Waals surface area contributed by atoms with Gasteiger partial charge in [-0.2, -0.15) is 5.10 Å². The van der Waals surface area contributed by atoms with Crippen molar-refractivity contribution < 1.29 is 4.74 Å². The number of aromatic nitrogens is 5. The van der Waals surface area contributed by atoms with E-state index in [-0.39, 0.29) is 0 Å². The Morgan fingerprint density at radius 2 is 1.81 bits per heavy atom. The minimum absolute atomic E-state index is 0.606. The number of nitrogens with one attached hydrogen (secondary N) is 1. The standard InChI is InChI=1S/C20H20N6O/c1-13-7-9-15(10-8-13)12-26-19-18(23-25-26)14(2)22-24-20(19)21-16-5-4-6-17(11-16)27-3/h4-11H,12H2,1-3H3,(H,21,24). The molecular weight excluding hydrogens is 340 g/mol. The zero-order valence-corrected chi connectivity index (χ0v) is 15.5. The van der Waals surface area contributed by atoms with E-state index in [4.69, 9.17) is 4.74 Å². The van der Waals surface area contributed by atoms with Crippen molar-refractivity contribution >= 4 is 22.5 Å². The first-order valence-electron chi connectivity index (χ1n) is 8.67. The maximum absolute atomic E-state index is 5.29. The number of benzene rings is 2. The Morgan fingerprint density at radius 3 is 2.59 bits per heavy atom. The van der Waals surface area contributed by atoms with E-state index in [0.29, 0.717) is 12.4 Å². The Bertz CT molecular complexity index is 1090. The second-order valence-electron chi connectivity index (χ2n) is 6.42. The third-order valence-electron chi connectivity index (χ3n) is 4.39. The highest BCUT2D eigenvalue weighted by Crippen LogP contribution is 2.26. The van der Waals surface area contributed by atoms with Crippen molar-refractivity contribution in [2.24, 2.45) is 0 Å². The highest BCUT2D eigenvalue weighted by Gasteiger charge is 2.15. The van der Waals surface area contributed by atoms with Crippen LogP contribution in [-0.4, -0.2) is 32.3 Å². The van der Waals surface area contributed by atoms with E-state index in [1.165, 1.54) is 5.56 Å². The summed E-state index contributed by atoms with van der Waals surface area (Å²) in [6.45, 7) is 4.56. The first kappa shape index (κ1) is 17.0. The molecule has 7 nitrogen and oxygen atoms in total. The van der Waals surface area contributed by atoms with E-state index < -0.39 is 0 Å². The van der Waals surface area contributed by atoms with Crippen LogP contribution < -0.4 is 10.1 Å². The molecule has 1 N–H and O–H groups in total. The number of nitrogens with zero attached hydrogens (tertiary/aromatic N) is 5. The molecule has 4 aromatic rings. The van der Waals surface area contributed by atoms with Gasteiger partial charge >= 0.3 is 0 Å². The largest absolute Gasteiger partial charge is 0.497 e. The maximum Gasteiger partial charge on any atom is 0.181 e. The summed E-state index contributed by atoms with van der Waals surface area (Å²) in [5.74, 6) is 1.38. The molecule has 0 fully saturated rings. The summed E-state index contributed by atoms with van der Waals surface area (Å²) in [5.41, 5.74) is 5.54. The van der Waals surface area contributed by atoms with Crippen LogP contribution in [0.15, 0.2) is 48.5 Å². The molecule has 0 unspecified atom stereocenters. The lowest BCUT2D eigenvalue weighted by Gasteiger charge is -2.10. The smallest absolute Gasteiger partial charge is 0.181 e. The molecular formula is C20H20N6O. The molecule has 0 atom stereocenters. The van der Waals surface area contributed by atoms with Gasteiger partial charge in [0.05, 0.1) is 19.3 Å². The lowest BCUT2D eigenvalue weighted by molar-refractivity contribution is 0.415. The second kappa shape index (κ2) is 7.03. The topological polar surface area (TPSA) is 77.8 Å². The van der Waals surface area contributed by atoms with Gasteiger partial charge in [-0.1, -0.05) is 41.1 Å². The van der Waals surface area contributed by atoms with Crippen molar-refractivity contribution in [1.82, 2.24) is 25.2 Å². The van der Waals surface area contributed by atoms with E-state index >= 15 is 0 Å². The van der Waals surface area contributed by atoms with Gasteiger partial charge in [0, 0.05) is 11.8 Å². The normalized spacial score (nSPS) is 10.9. The van der Waals surface area contributed by atoms with Gasteiger partial charge in [-0.05, 0) is 31.5 Å². The number of anilines is 2. The molecule has 136 valence electrons. The Labute approximate surface area is 157 Å². The summed E-state index contributed by atoms with van der Waals surface area (Å²) < 4.78 is 7.14. The molecule has 2 heterocycles.